The second-order valence-electron chi connectivity index (χ2n) is 5.05. The van der Waals surface area contributed by atoms with Crippen molar-refractivity contribution in [3.8, 4) is 0 Å². The minimum atomic E-state index is -4.84. The first kappa shape index (κ1) is 19.1. The summed E-state index contributed by atoms with van der Waals surface area (Å²) in [5, 5.41) is 8.50. The van der Waals surface area contributed by atoms with Crippen LogP contribution in [0.5, 0.6) is 0 Å². The van der Waals surface area contributed by atoms with Crippen molar-refractivity contribution in [2.24, 2.45) is 0 Å². The van der Waals surface area contributed by atoms with E-state index in [1.807, 2.05) is 4.72 Å². The fraction of sp³-hybridized carbons (Fsp3) is 0.133. The molecular formula is C15H11ClF3NO4S. The van der Waals surface area contributed by atoms with Crippen LogP contribution in [0.25, 0.3) is 0 Å². The van der Waals surface area contributed by atoms with Crippen LogP contribution >= 0.6 is 11.6 Å². The molecule has 0 saturated heterocycles. The van der Waals surface area contributed by atoms with E-state index >= 15 is 0 Å². The van der Waals surface area contributed by atoms with Crippen LogP contribution < -0.4 is 4.72 Å². The maximum absolute atomic E-state index is 12.9. The highest BCUT2D eigenvalue weighted by atomic mass is 35.5. The minimum absolute atomic E-state index is 0.224. The van der Waals surface area contributed by atoms with Crippen molar-refractivity contribution >= 4 is 33.3 Å². The normalized spacial score (nSPS) is 12.0. The summed E-state index contributed by atoms with van der Waals surface area (Å²) in [4.78, 5) is 10.5. The van der Waals surface area contributed by atoms with Gasteiger partial charge in [0.05, 0.1) is 26.7 Å². The number of alkyl halides is 3. The van der Waals surface area contributed by atoms with Gasteiger partial charge in [-0.05, 0) is 36.8 Å². The van der Waals surface area contributed by atoms with Crippen LogP contribution in [0.1, 0.15) is 21.5 Å². The van der Waals surface area contributed by atoms with E-state index < -0.39 is 37.7 Å². The molecule has 5 nitrogen and oxygen atoms in total. The summed E-state index contributed by atoms with van der Waals surface area (Å²) in [6.07, 6.45) is -4.84. The molecule has 10 heteroatoms. The number of rotatable bonds is 4. The monoisotopic (exact) mass is 393 g/mol. The van der Waals surface area contributed by atoms with Gasteiger partial charge in [-0.3, -0.25) is 4.72 Å². The van der Waals surface area contributed by atoms with E-state index in [-0.39, 0.29) is 11.3 Å². The summed E-state index contributed by atoms with van der Waals surface area (Å²) >= 11 is 5.47. The Kier molecular flexibility index (Phi) is 5.01. The number of carboxylic acid groups (broad SMARTS) is 1. The molecule has 2 aromatic rings. The number of hydrogen-bond donors (Lipinski definition) is 2. The number of nitrogens with one attached hydrogen (secondary N) is 1. The lowest BCUT2D eigenvalue weighted by Crippen LogP contribution is -2.17. The van der Waals surface area contributed by atoms with E-state index in [0.29, 0.717) is 11.6 Å². The van der Waals surface area contributed by atoms with Gasteiger partial charge in [0.1, 0.15) is 0 Å². The quantitative estimate of drug-likeness (QED) is 0.816. The van der Waals surface area contributed by atoms with Crippen molar-refractivity contribution in [2.75, 3.05) is 4.72 Å². The van der Waals surface area contributed by atoms with Gasteiger partial charge in [0.25, 0.3) is 10.0 Å². The van der Waals surface area contributed by atoms with Gasteiger partial charge in [-0.1, -0.05) is 23.7 Å². The van der Waals surface area contributed by atoms with Gasteiger partial charge >= 0.3 is 12.1 Å². The molecule has 0 heterocycles. The third-order valence-corrected chi connectivity index (χ3v) is 4.97. The smallest absolute Gasteiger partial charge is 0.417 e. The number of benzene rings is 2. The van der Waals surface area contributed by atoms with Crippen molar-refractivity contribution < 1.29 is 31.5 Å². The van der Waals surface area contributed by atoms with Crippen molar-refractivity contribution in [3.63, 3.8) is 0 Å². The molecule has 0 radical (unpaired) electrons. The zero-order valence-electron chi connectivity index (χ0n) is 12.6. The minimum Gasteiger partial charge on any atom is -0.478 e. The maximum Gasteiger partial charge on any atom is 0.417 e. The summed E-state index contributed by atoms with van der Waals surface area (Å²) in [5.74, 6) is -1.38. The largest absolute Gasteiger partial charge is 0.478 e. The molecule has 2 N–H and O–H groups in total. The average molecular weight is 394 g/mol. The average Bonchev–Trinajstić information content (AvgIpc) is 2.48. The Balaban J connectivity index is 2.54. The molecule has 0 spiro atoms. The lowest BCUT2D eigenvalue weighted by molar-refractivity contribution is -0.137. The molecule has 0 amide bonds. The number of aromatic carboxylic acids is 1. The molecule has 0 aromatic heterocycles. The fourth-order valence-electron chi connectivity index (χ4n) is 2.06. The number of halogens is 4. The first-order valence-corrected chi connectivity index (χ1v) is 8.52. The highest BCUT2D eigenvalue weighted by Crippen LogP contribution is 2.36. The lowest BCUT2D eigenvalue weighted by Gasteiger charge is -2.15. The van der Waals surface area contributed by atoms with Crippen LogP contribution in [-0.2, 0) is 16.2 Å². The number of carboxylic acids is 1. The van der Waals surface area contributed by atoms with E-state index in [0.717, 1.165) is 12.1 Å². The molecule has 2 aromatic carbocycles. The van der Waals surface area contributed by atoms with Crippen LogP contribution in [0, 0.1) is 6.92 Å². The number of para-hydroxylation sites is 1. The number of anilines is 1. The van der Waals surface area contributed by atoms with Crippen LogP contribution in [-0.4, -0.2) is 19.5 Å². The molecule has 0 atom stereocenters. The molecular weight excluding hydrogens is 383 g/mol. The van der Waals surface area contributed by atoms with Gasteiger partial charge < -0.3 is 5.11 Å². The Morgan fingerprint density at radius 3 is 2.40 bits per heavy atom. The predicted molar refractivity (Wildman–Crippen MR) is 85.4 cm³/mol. The Hall–Kier alpha value is -2.26. The van der Waals surface area contributed by atoms with Crippen LogP contribution in [0.4, 0.5) is 18.9 Å². The van der Waals surface area contributed by atoms with Gasteiger partial charge in [-0.25, -0.2) is 13.2 Å². The summed E-state index contributed by atoms with van der Waals surface area (Å²) in [6.45, 7) is 1.47. The summed E-state index contributed by atoms with van der Waals surface area (Å²) in [6, 6.07) is 6.17. The van der Waals surface area contributed by atoms with Crippen molar-refractivity contribution in [3.05, 3.63) is 58.1 Å². The molecule has 0 aliphatic carbocycles. The molecule has 0 bridgehead atoms. The maximum atomic E-state index is 12.9. The zero-order valence-corrected chi connectivity index (χ0v) is 14.1. The molecule has 2 rings (SSSR count). The van der Waals surface area contributed by atoms with Gasteiger partial charge in [0, 0.05) is 0 Å². The van der Waals surface area contributed by atoms with Crippen molar-refractivity contribution in [1.82, 2.24) is 0 Å². The summed E-state index contributed by atoms with van der Waals surface area (Å²) in [7, 11) is -4.46. The van der Waals surface area contributed by atoms with E-state index in [9.17, 15) is 26.4 Å². The number of hydrogen-bond acceptors (Lipinski definition) is 3. The highest BCUT2D eigenvalue weighted by Gasteiger charge is 2.34. The number of aryl methyl sites for hydroxylation is 1. The second kappa shape index (κ2) is 6.57. The number of carbonyl (C=O) groups is 1. The summed E-state index contributed by atoms with van der Waals surface area (Å²) < 4.78 is 65.5. The standard InChI is InChI=1S/C15H11ClF3NO4S/c1-8-3-2-4-10(14(21)22)13(8)20-25(23,24)9-5-6-12(16)11(7-9)15(17,18)19/h2-7,20H,1H3,(H,21,22). The zero-order chi connectivity index (χ0) is 19.0. The topological polar surface area (TPSA) is 83.5 Å². The van der Waals surface area contributed by atoms with Crippen LogP contribution in [0.3, 0.4) is 0 Å². The van der Waals surface area contributed by atoms with Crippen molar-refractivity contribution in [1.29, 1.82) is 0 Å². The van der Waals surface area contributed by atoms with Gasteiger partial charge in [-0.2, -0.15) is 13.2 Å². The van der Waals surface area contributed by atoms with Crippen LogP contribution in [0.2, 0.25) is 5.02 Å². The number of sulfonamides is 1. The van der Waals surface area contributed by atoms with E-state index in [1.54, 1.807) is 0 Å². The second-order valence-corrected chi connectivity index (χ2v) is 7.14. The SMILES string of the molecule is Cc1cccc(C(=O)O)c1NS(=O)(=O)c1ccc(Cl)c(C(F)(F)F)c1. The Bertz CT molecular complexity index is 942. The van der Waals surface area contributed by atoms with E-state index in [4.69, 9.17) is 16.7 Å². The van der Waals surface area contributed by atoms with Crippen molar-refractivity contribution in [2.45, 2.75) is 18.0 Å². The fourth-order valence-corrected chi connectivity index (χ4v) is 3.47. The Labute approximate surface area is 146 Å². The molecule has 25 heavy (non-hydrogen) atoms. The Morgan fingerprint density at radius 2 is 1.84 bits per heavy atom. The third-order valence-electron chi connectivity index (χ3n) is 3.29. The predicted octanol–water partition coefficient (Wildman–Crippen LogP) is 4.17. The first-order chi connectivity index (χ1) is 11.4. The van der Waals surface area contributed by atoms with E-state index in [1.165, 1.54) is 25.1 Å². The van der Waals surface area contributed by atoms with E-state index in [2.05, 4.69) is 0 Å². The molecule has 0 aliphatic rings. The molecule has 0 aliphatic heterocycles. The van der Waals surface area contributed by atoms with Gasteiger partial charge in [-0.15, -0.1) is 0 Å². The third kappa shape index (κ3) is 4.05. The molecule has 0 fully saturated rings. The summed E-state index contributed by atoms with van der Waals surface area (Å²) in [5.41, 5.74) is -1.55. The van der Waals surface area contributed by atoms with Gasteiger partial charge in [0.2, 0.25) is 0 Å². The first-order valence-electron chi connectivity index (χ1n) is 6.66. The highest BCUT2D eigenvalue weighted by molar-refractivity contribution is 7.92. The van der Waals surface area contributed by atoms with Gasteiger partial charge in [0.15, 0.2) is 0 Å². The van der Waals surface area contributed by atoms with Crippen LogP contribution in [0.15, 0.2) is 41.3 Å². The lowest BCUT2D eigenvalue weighted by atomic mass is 10.1. The Morgan fingerprint density at radius 1 is 1.20 bits per heavy atom. The molecule has 134 valence electrons. The molecule has 0 saturated carbocycles. The molecule has 0 unspecified atom stereocenters.